The second kappa shape index (κ2) is 11.6. The first kappa shape index (κ1) is 23.0. The summed E-state index contributed by atoms with van der Waals surface area (Å²) in [5.74, 6) is -0.267. The van der Waals surface area contributed by atoms with Crippen molar-refractivity contribution in [3.05, 3.63) is 23.8 Å². The summed E-state index contributed by atoms with van der Waals surface area (Å²) in [6.07, 6.45) is 3.68. The molecule has 1 rings (SSSR count). The van der Waals surface area contributed by atoms with Crippen LogP contribution in [0.1, 0.15) is 70.7 Å². The fourth-order valence-electron chi connectivity index (χ4n) is 2.80. The SMILES string of the molecule is CCCCC[C@](C)(OCC)C(=O)Nc1ccc(OCC)c(C(=O)OCC)c1. The average Bonchev–Trinajstić information content (AvgIpc) is 2.63. The van der Waals surface area contributed by atoms with Gasteiger partial charge in [-0.25, -0.2) is 4.79 Å². The van der Waals surface area contributed by atoms with Gasteiger partial charge in [0.05, 0.1) is 13.2 Å². The zero-order valence-electron chi connectivity index (χ0n) is 17.2. The molecular weight excluding hydrogens is 346 g/mol. The highest BCUT2D eigenvalue weighted by molar-refractivity contribution is 5.99. The van der Waals surface area contributed by atoms with Gasteiger partial charge < -0.3 is 19.5 Å². The number of ether oxygens (including phenoxy) is 3. The third kappa shape index (κ3) is 6.86. The summed E-state index contributed by atoms with van der Waals surface area (Å²) in [5, 5.41) is 2.87. The number of amides is 1. The van der Waals surface area contributed by atoms with E-state index < -0.39 is 11.6 Å². The van der Waals surface area contributed by atoms with Crippen LogP contribution >= 0.6 is 0 Å². The van der Waals surface area contributed by atoms with Crippen LogP contribution < -0.4 is 10.1 Å². The van der Waals surface area contributed by atoms with E-state index in [2.05, 4.69) is 12.2 Å². The molecule has 27 heavy (non-hydrogen) atoms. The fourth-order valence-corrected chi connectivity index (χ4v) is 2.80. The quantitative estimate of drug-likeness (QED) is 0.425. The molecule has 0 aliphatic heterocycles. The van der Waals surface area contributed by atoms with Crippen molar-refractivity contribution in [2.75, 3.05) is 25.1 Å². The summed E-state index contributed by atoms with van der Waals surface area (Å²) < 4.78 is 16.3. The Labute approximate surface area is 162 Å². The van der Waals surface area contributed by atoms with Crippen molar-refractivity contribution in [1.29, 1.82) is 0 Å². The van der Waals surface area contributed by atoms with E-state index in [0.29, 0.717) is 36.6 Å². The van der Waals surface area contributed by atoms with Gasteiger partial charge in [0.25, 0.3) is 5.91 Å². The highest BCUT2D eigenvalue weighted by Gasteiger charge is 2.33. The molecule has 0 aliphatic carbocycles. The Bertz CT molecular complexity index is 617. The van der Waals surface area contributed by atoms with E-state index in [4.69, 9.17) is 14.2 Å². The van der Waals surface area contributed by atoms with Gasteiger partial charge in [0.15, 0.2) is 0 Å². The molecule has 1 amide bonds. The van der Waals surface area contributed by atoms with E-state index in [0.717, 1.165) is 19.3 Å². The summed E-state index contributed by atoms with van der Waals surface area (Å²) in [6.45, 7) is 10.5. The zero-order valence-corrected chi connectivity index (χ0v) is 17.2. The molecule has 1 aromatic rings. The molecule has 0 saturated heterocycles. The predicted molar refractivity (Wildman–Crippen MR) is 106 cm³/mol. The number of hydrogen-bond acceptors (Lipinski definition) is 5. The topological polar surface area (TPSA) is 73.9 Å². The summed E-state index contributed by atoms with van der Waals surface area (Å²) in [7, 11) is 0. The van der Waals surface area contributed by atoms with Crippen molar-refractivity contribution in [2.45, 2.75) is 65.9 Å². The lowest BCUT2D eigenvalue weighted by molar-refractivity contribution is -0.139. The van der Waals surface area contributed by atoms with Crippen LogP contribution in [-0.2, 0) is 14.3 Å². The molecular formula is C21H33NO5. The maximum absolute atomic E-state index is 12.9. The van der Waals surface area contributed by atoms with E-state index in [9.17, 15) is 9.59 Å². The second-order valence-electron chi connectivity index (χ2n) is 6.44. The predicted octanol–water partition coefficient (Wildman–Crippen LogP) is 4.58. The molecule has 1 aromatic carbocycles. The first-order chi connectivity index (χ1) is 12.9. The maximum Gasteiger partial charge on any atom is 0.341 e. The molecule has 0 aliphatic rings. The average molecular weight is 379 g/mol. The Morgan fingerprint density at radius 3 is 2.37 bits per heavy atom. The van der Waals surface area contributed by atoms with Gasteiger partial charge in [-0.1, -0.05) is 26.2 Å². The van der Waals surface area contributed by atoms with Crippen LogP contribution in [0.5, 0.6) is 5.75 Å². The lowest BCUT2D eigenvalue weighted by Gasteiger charge is -2.28. The number of carbonyl (C=O) groups is 2. The van der Waals surface area contributed by atoms with Crippen LogP contribution in [0.25, 0.3) is 0 Å². The van der Waals surface area contributed by atoms with Gasteiger partial charge >= 0.3 is 5.97 Å². The molecule has 0 radical (unpaired) electrons. The minimum atomic E-state index is -0.910. The van der Waals surface area contributed by atoms with Gasteiger partial charge in [0.2, 0.25) is 0 Å². The molecule has 0 spiro atoms. The van der Waals surface area contributed by atoms with Crippen molar-refractivity contribution >= 4 is 17.6 Å². The smallest absolute Gasteiger partial charge is 0.341 e. The van der Waals surface area contributed by atoms with Crippen molar-refractivity contribution in [3.8, 4) is 5.75 Å². The normalized spacial score (nSPS) is 12.9. The molecule has 0 saturated carbocycles. The molecule has 1 atom stereocenters. The van der Waals surface area contributed by atoms with E-state index in [1.54, 1.807) is 25.1 Å². The lowest BCUT2D eigenvalue weighted by Crippen LogP contribution is -2.42. The number of benzene rings is 1. The molecule has 6 heteroatoms. The Morgan fingerprint density at radius 2 is 1.78 bits per heavy atom. The van der Waals surface area contributed by atoms with Gasteiger partial charge in [-0.15, -0.1) is 0 Å². The van der Waals surface area contributed by atoms with Crippen molar-refractivity contribution < 1.29 is 23.8 Å². The zero-order chi connectivity index (χ0) is 20.3. The molecule has 152 valence electrons. The van der Waals surface area contributed by atoms with E-state index >= 15 is 0 Å². The summed E-state index contributed by atoms with van der Waals surface area (Å²) in [6, 6.07) is 4.96. The third-order valence-electron chi connectivity index (χ3n) is 4.23. The molecule has 0 heterocycles. The highest BCUT2D eigenvalue weighted by Crippen LogP contribution is 2.26. The molecule has 0 aromatic heterocycles. The maximum atomic E-state index is 12.9. The number of anilines is 1. The van der Waals surface area contributed by atoms with Crippen LogP contribution in [-0.4, -0.2) is 37.3 Å². The van der Waals surface area contributed by atoms with Gasteiger partial charge in [-0.05, 0) is 52.3 Å². The van der Waals surface area contributed by atoms with Crippen LogP contribution in [0, 0.1) is 0 Å². The Hall–Kier alpha value is -2.08. The van der Waals surface area contributed by atoms with E-state index in [1.807, 2.05) is 20.8 Å². The molecule has 6 nitrogen and oxygen atoms in total. The Kier molecular flexibility index (Phi) is 9.86. The number of unbranched alkanes of at least 4 members (excludes halogenated alkanes) is 2. The first-order valence-corrected chi connectivity index (χ1v) is 9.81. The largest absolute Gasteiger partial charge is 0.493 e. The molecule has 0 unspecified atom stereocenters. The van der Waals surface area contributed by atoms with Crippen LogP contribution in [0.15, 0.2) is 18.2 Å². The first-order valence-electron chi connectivity index (χ1n) is 9.81. The summed E-state index contributed by atoms with van der Waals surface area (Å²) in [4.78, 5) is 25.1. The number of nitrogens with one attached hydrogen (secondary N) is 1. The van der Waals surface area contributed by atoms with E-state index in [1.165, 1.54) is 0 Å². The summed E-state index contributed by atoms with van der Waals surface area (Å²) in [5.41, 5.74) is -0.111. The van der Waals surface area contributed by atoms with Gasteiger partial charge in [0, 0.05) is 12.3 Å². The lowest BCUT2D eigenvalue weighted by atomic mass is 9.96. The van der Waals surface area contributed by atoms with Crippen molar-refractivity contribution in [1.82, 2.24) is 0 Å². The van der Waals surface area contributed by atoms with Gasteiger partial charge in [0.1, 0.15) is 16.9 Å². The number of rotatable bonds is 12. The standard InChI is InChI=1S/C21H33NO5/c1-6-10-11-14-21(5,27-9-4)20(24)22-16-12-13-18(25-7-2)17(15-16)19(23)26-8-3/h12-13,15H,6-11,14H2,1-5H3,(H,22,24)/t21-/m0/s1. The summed E-state index contributed by atoms with van der Waals surface area (Å²) >= 11 is 0. The minimum Gasteiger partial charge on any atom is -0.493 e. The van der Waals surface area contributed by atoms with Crippen LogP contribution in [0.4, 0.5) is 5.69 Å². The number of esters is 1. The number of hydrogen-bond donors (Lipinski definition) is 1. The van der Waals surface area contributed by atoms with Crippen molar-refractivity contribution in [2.24, 2.45) is 0 Å². The Morgan fingerprint density at radius 1 is 1.04 bits per heavy atom. The van der Waals surface area contributed by atoms with Gasteiger partial charge in [-0.2, -0.15) is 0 Å². The fraction of sp³-hybridized carbons (Fsp3) is 0.619. The monoisotopic (exact) mass is 379 g/mol. The highest BCUT2D eigenvalue weighted by atomic mass is 16.5. The van der Waals surface area contributed by atoms with Crippen LogP contribution in [0.3, 0.4) is 0 Å². The minimum absolute atomic E-state index is 0.223. The van der Waals surface area contributed by atoms with Gasteiger partial charge in [-0.3, -0.25) is 4.79 Å². The number of carbonyl (C=O) groups excluding carboxylic acids is 2. The Balaban J connectivity index is 3.02. The van der Waals surface area contributed by atoms with E-state index in [-0.39, 0.29) is 12.5 Å². The van der Waals surface area contributed by atoms with Crippen molar-refractivity contribution in [3.63, 3.8) is 0 Å². The molecule has 0 bridgehead atoms. The van der Waals surface area contributed by atoms with Crippen LogP contribution in [0.2, 0.25) is 0 Å². The molecule has 1 N–H and O–H groups in total. The second-order valence-corrected chi connectivity index (χ2v) is 6.44. The third-order valence-corrected chi connectivity index (χ3v) is 4.23. The molecule has 0 fully saturated rings.